The number of hydrogen-bond acceptors (Lipinski definition) is 6. The molecule has 0 aromatic rings. The van der Waals surface area contributed by atoms with Gasteiger partial charge in [0.25, 0.3) is 5.91 Å². The quantitative estimate of drug-likeness (QED) is 0.643. The van der Waals surface area contributed by atoms with Gasteiger partial charge in [0.15, 0.2) is 0 Å². The molecule has 1 N–H and O–H groups in total. The molecule has 3 saturated heterocycles. The summed E-state index contributed by atoms with van der Waals surface area (Å²) in [6.45, 7) is 4.22. The van der Waals surface area contributed by atoms with Gasteiger partial charge < -0.3 is 4.90 Å². The van der Waals surface area contributed by atoms with E-state index in [0.717, 1.165) is 30.9 Å². The van der Waals surface area contributed by atoms with Gasteiger partial charge in [-0.1, -0.05) is 0 Å². The predicted octanol–water partition coefficient (Wildman–Crippen LogP) is -1.39. The van der Waals surface area contributed by atoms with Crippen molar-refractivity contribution in [3.63, 3.8) is 0 Å². The third kappa shape index (κ3) is 3.50. The largest absolute Gasteiger partial charge is 0.345 e. The Morgan fingerprint density at radius 3 is 2.22 bits per heavy atom. The van der Waals surface area contributed by atoms with Gasteiger partial charge in [-0.25, -0.2) is 9.80 Å². The van der Waals surface area contributed by atoms with Crippen molar-refractivity contribution in [1.82, 2.24) is 25.1 Å². The summed E-state index contributed by atoms with van der Waals surface area (Å²) in [7, 11) is 0. The maximum atomic E-state index is 12.1. The highest BCUT2D eigenvalue weighted by atomic mass is 16.2. The number of hydrazine groups is 1. The lowest BCUT2D eigenvalue weighted by atomic mass is 10.3. The highest BCUT2D eigenvalue weighted by molar-refractivity contribution is 6.13. The third-order valence-corrected chi connectivity index (χ3v) is 4.44. The van der Waals surface area contributed by atoms with Gasteiger partial charge in [0.2, 0.25) is 11.8 Å². The molecule has 3 aliphatic rings. The highest BCUT2D eigenvalue weighted by Gasteiger charge is 2.36. The fourth-order valence-corrected chi connectivity index (χ4v) is 3.18. The lowest BCUT2D eigenvalue weighted by molar-refractivity contribution is -0.151. The Kier molecular flexibility index (Phi) is 4.58. The van der Waals surface area contributed by atoms with Gasteiger partial charge in [-0.2, -0.15) is 5.01 Å². The van der Waals surface area contributed by atoms with Crippen LogP contribution in [0.4, 0.5) is 4.79 Å². The minimum absolute atomic E-state index is 0.147. The summed E-state index contributed by atoms with van der Waals surface area (Å²) in [4.78, 5) is 50.9. The van der Waals surface area contributed by atoms with Crippen LogP contribution in [0.3, 0.4) is 0 Å². The number of nitrogens with one attached hydrogen (secondary N) is 1. The number of imide groups is 2. The molecule has 3 aliphatic heterocycles. The van der Waals surface area contributed by atoms with E-state index in [1.165, 1.54) is 0 Å². The molecule has 3 fully saturated rings. The van der Waals surface area contributed by atoms with E-state index in [2.05, 4.69) is 5.32 Å². The van der Waals surface area contributed by atoms with Crippen LogP contribution in [0.25, 0.3) is 0 Å². The molecule has 0 radical (unpaired) electrons. The Morgan fingerprint density at radius 2 is 1.61 bits per heavy atom. The maximum Gasteiger partial charge on any atom is 0.345 e. The summed E-state index contributed by atoms with van der Waals surface area (Å²) in [6.07, 6.45) is 1.84. The monoisotopic (exact) mass is 323 g/mol. The Morgan fingerprint density at radius 1 is 0.957 bits per heavy atom. The van der Waals surface area contributed by atoms with E-state index in [1.54, 1.807) is 5.01 Å². The number of carbonyl (C=O) groups is 4. The molecule has 3 heterocycles. The van der Waals surface area contributed by atoms with Crippen LogP contribution in [0, 0.1) is 0 Å². The second-order valence-electron chi connectivity index (χ2n) is 6.05. The molecule has 0 aliphatic carbocycles. The van der Waals surface area contributed by atoms with Crippen molar-refractivity contribution in [2.45, 2.75) is 19.3 Å². The topological polar surface area (TPSA) is 93.3 Å². The summed E-state index contributed by atoms with van der Waals surface area (Å²) in [5.74, 6) is -0.917. The first kappa shape index (κ1) is 15.9. The molecule has 9 heteroatoms. The van der Waals surface area contributed by atoms with Gasteiger partial charge >= 0.3 is 6.03 Å². The average molecular weight is 323 g/mol. The van der Waals surface area contributed by atoms with Crippen LogP contribution in [0.2, 0.25) is 0 Å². The number of piperazine rings is 1. The summed E-state index contributed by atoms with van der Waals surface area (Å²) in [5, 5.41) is 4.80. The summed E-state index contributed by atoms with van der Waals surface area (Å²) < 4.78 is 0. The lowest BCUT2D eigenvalue weighted by Crippen LogP contribution is -2.63. The van der Waals surface area contributed by atoms with E-state index in [4.69, 9.17) is 0 Å². The molecular formula is C14H21N5O4. The van der Waals surface area contributed by atoms with Gasteiger partial charge in [-0.05, 0) is 12.8 Å². The molecular weight excluding hydrogens is 302 g/mol. The molecule has 0 spiro atoms. The molecule has 0 aromatic carbocycles. The van der Waals surface area contributed by atoms with E-state index in [0.29, 0.717) is 32.7 Å². The normalized spacial score (nSPS) is 24.3. The Hall–Kier alpha value is -2.00. The van der Waals surface area contributed by atoms with Crippen LogP contribution in [0.1, 0.15) is 19.3 Å². The van der Waals surface area contributed by atoms with Crippen molar-refractivity contribution in [2.75, 3.05) is 45.8 Å². The number of nitrogens with zero attached hydrogens (tertiary/aromatic N) is 4. The van der Waals surface area contributed by atoms with Crippen LogP contribution in [-0.2, 0) is 14.4 Å². The molecule has 0 atom stereocenters. The minimum Gasteiger partial charge on any atom is -0.342 e. The maximum absolute atomic E-state index is 12.1. The smallest absolute Gasteiger partial charge is 0.342 e. The molecule has 3 rings (SSSR count). The van der Waals surface area contributed by atoms with Gasteiger partial charge in [0.05, 0.1) is 6.54 Å². The third-order valence-electron chi connectivity index (χ3n) is 4.44. The Bertz CT molecular complexity index is 503. The molecule has 0 bridgehead atoms. The van der Waals surface area contributed by atoms with Crippen molar-refractivity contribution >= 4 is 23.8 Å². The van der Waals surface area contributed by atoms with Gasteiger partial charge in [0.1, 0.15) is 6.42 Å². The molecule has 9 nitrogen and oxygen atoms in total. The zero-order valence-corrected chi connectivity index (χ0v) is 13.0. The Labute approximate surface area is 134 Å². The lowest BCUT2D eigenvalue weighted by Gasteiger charge is -2.40. The van der Waals surface area contributed by atoms with Crippen LogP contribution < -0.4 is 5.32 Å². The summed E-state index contributed by atoms with van der Waals surface area (Å²) >= 11 is 0. The van der Waals surface area contributed by atoms with Crippen molar-refractivity contribution in [1.29, 1.82) is 0 Å². The van der Waals surface area contributed by atoms with Crippen LogP contribution in [0.5, 0.6) is 0 Å². The van der Waals surface area contributed by atoms with Crippen molar-refractivity contribution in [3.05, 3.63) is 0 Å². The molecule has 23 heavy (non-hydrogen) atoms. The Balaban J connectivity index is 1.50. The van der Waals surface area contributed by atoms with Crippen LogP contribution in [0.15, 0.2) is 0 Å². The second-order valence-corrected chi connectivity index (χ2v) is 6.05. The number of likely N-dealkylation sites (tertiary alicyclic amines) is 1. The second kappa shape index (κ2) is 6.63. The number of carbonyl (C=O) groups excluding carboxylic acids is 4. The standard InChI is InChI=1S/C14H21N5O4/c20-11-9-12(21)19(14(23)15-11)18-7-5-16(6-8-18)10-13(22)17-3-1-2-4-17/h1-10H2,(H,15,20,23). The van der Waals surface area contributed by atoms with E-state index >= 15 is 0 Å². The number of urea groups is 1. The fourth-order valence-electron chi connectivity index (χ4n) is 3.18. The zero-order valence-electron chi connectivity index (χ0n) is 13.0. The first-order chi connectivity index (χ1) is 11.0. The SMILES string of the molecule is O=C1CC(=O)N(N2CCN(CC(=O)N3CCCC3)CC2)C(=O)N1. The van der Waals surface area contributed by atoms with E-state index in [1.807, 2.05) is 9.80 Å². The van der Waals surface area contributed by atoms with Gasteiger partial charge in [-0.15, -0.1) is 0 Å². The van der Waals surface area contributed by atoms with Crippen molar-refractivity contribution in [2.24, 2.45) is 0 Å². The molecule has 0 aromatic heterocycles. The zero-order chi connectivity index (χ0) is 16.4. The number of rotatable bonds is 3. The first-order valence-electron chi connectivity index (χ1n) is 7.96. The average Bonchev–Trinajstić information content (AvgIpc) is 3.02. The highest BCUT2D eigenvalue weighted by Crippen LogP contribution is 2.12. The molecule has 5 amide bonds. The summed E-state index contributed by atoms with van der Waals surface area (Å²) in [6, 6.07) is -0.687. The fraction of sp³-hybridized carbons (Fsp3) is 0.714. The number of amides is 5. The minimum atomic E-state index is -0.687. The van der Waals surface area contributed by atoms with Crippen LogP contribution >= 0.6 is 0 Å². The van der Waals surface area contributed by atoms with Gasteiger partial charge in [0, 0.05) is 39.3 Å². The van der Waals surface area contributed by atoms with E-state index in [9.17, 15) is 19.2 Å². The van der Waals surface area contributed by atoms with Crippen molar-refractivity contribution < 1.29 is 19.2 Å². The van der Waals surface area contributed by atoms with E-state index < -0.39 is 17.8 Å². The number of hydrogen-bond donors (Lipinski definition) is 1. The predicted molar refractivity (Wildman–Crippen MR) is 78.8 cm³/mol. The first-order valence-corrected chi connectivity index (χ1v) is 7.96. The number of barbiturate groups is 1. The molecule has 0 saturated carbocycles. The molecule has 0 unspecified atom stereocenters. The van der Waals surface area contributed by atoms with E-state index in [-0.39, 0.29) is 12.3 Å². The van der Waals surface area contributed by atoms with Crippen LogP contribution in [-0.4, -0.2) is 89.4 Å². The van der Waals surface area contributed by atoms with Crippen molar-refractivity contribution in [3.8, 4) is 0 Å². The summed E-state index contributed by atoms with van der Waals surface area (Å²) in [5.41, 5.74) is 0. The molecule has 126 valence electrons. The van der Waals surface area contributed by atoms with Gasteiger partial charge in [-0.3, -0.25) is 24.6 Å².